The van der Waals surface area contributed by atoms with Gasteiger partial charge in [0.1, 0.15) is 47.4 Å². The highest BCUT2D eigenvalue weighted by atomic mass is 32.2. The van der Waals surface area contributed by atoms with E-state index in [-0.39, 0.29) is 11.3 Å². The van der Waals surface area contributed by atoms with Gasteiger partial charge in [-0.15, -0.1) is 16.9 Å². The quantitative estimate of drug-likeness (QED) is 0.313. The number of benzene rings is 1. The molecule has 14 heteroatoms. The SMILES string of the molecule is Cc1conc1[C@@H](S[C@@H]1O[C@H](CO)[C@H](O)[C@H](n2cc(-c3cc(F)c(F)c(F)c3)nn2)[C@H]1O)C1(O)CCCCC1. The van der Waals surface area contributed by atoms with Crippen molar-refractivity contribution in [1.29, 1.82) is 0 Å². The summed E-state index contributed by atoms with van der Waals surface area (Å²) < 4.78 is 53.1. The summed E-state index contributed by atoms with van der Waals surface area (Å²) in [5, 5.41) is 55.2. The van der Waals surface area contributed by atoms with Crippen LogP contribution in [0.1, 0.15) is 54.7 Å². The molecule has 1 saturated heterocycles. The Labute approximate surface area is 225 Å². The molecule has 2 aromatic heterocycles. The summed E-state index contributed by atoms with van der Waals surface area (Å²) in [6.07, 6.45) is 2.33. The van der Waals surface area contributed by atoms with Crippen molar-refractivity contribution in [3.05, 3.63) is 53.3 Å². The van der Waals surface area contributed by atoms with Gasteiger partial charge >= 0.3 is 0 Å². The van der Waals surface area contributed by atoms with Crippen molar-refractivity contribution in [3.8, 4) is 11.3 Å². The second-order valence-corrected chi connectivity index (χ2v) is 11.3. The van der Waals surface area contributed by atoms with Crippen molar-refractivity contribution in [2.45, 2.75) is 79.7 Å². The fourth-order valence-corrected chi connectivity index (χ4v) is 6.95. The summed E-state index contributed by atoms with van der Waals surface area (Å²) in [4.78, 5) is 0. The maximum absolute atomic E-state index is 13.8. The van der Waals surface area contributed by atoms with Crippen molar-refractivity contribution < 1.29 is 42.9 Å². The summed E-state index contributed by atoms with van der Waals surface area (Å²) in [5.74, 6) is -4.43. The molecule has 1 aliphatic heterocycles. The van der Waals surface area contributed by atoms with Gasteiger partial charge < -0.3 is 29.7 Å². The van der Waals surface area contributed by atoms with Crippen molar-refractivity contribution in [2.75, 3.05) is 6.61 Å². The first kappa shape index (κ1) is 28.1. The van der Waals surface area contributed by atoms with Gasteiger partial charge in [0.25, 0.3) is 0 Å². The standard InChI is InChI=1S/C25H29F3N4O6S/c1-12-11-37-30-19(12)23(25(36)5-3-2-4-6-25)39-24-22(35)20(21(34)17(10-33)38-24)32-9-16(29-31-32)13-7-14(26)18(28)15(27)8-13/h7-9,11,17,20-24,33-36H,2-6,10H2,1H3/t17-,20+,21+,22-,23-,24+/m1/s1. The van der Waals surface area contributed by atoms with E-state index in [1.807, 2.05) is 0 Å². The van der Waals surface area contributed by atoms with Gasteiger partial charge in [0.2, 0.25) is 0 Å². The molecule has 0 unspecified atom stereocenters. The minimum atomic E-state index is -1.62. The molecule has 212 valence electrons. The third-order valence-electron chi connectivity index (χ3n) is 7.45. The lowest BCUT2D eigenvalue weighted by Crippen LogP contribution is -2.55. The molecule has 1 saturated carbocycles. The molecule has 2 aliphatic rings. The van der Waals surface area contributed by atoms with Crippen molar-refractivity contribution >= 4 is 11.8 Å². The fourth-order valence-electron chi connectivity index (χ4n) is 5.31. The van der Waals surface area contributed by atoms with E-state index in [0.29, 0.717) is 24.1 Å². The molecule has 3 heterocycles. The van der Waals surface area contributed by atoms with Crippen LogP contribution in [0, 0.1) is 24.4 Å². The molecule has 2 fully saturated rings. The van der Waals surface area contributed by atoms with Gasteiger partial charge in [0, 0.05) is 11.1 Å². The molecule has 1 aliphatic carbocycles. The monoisotopic (exact) mass is 570 g/mol. The first-order valence-corrected chi connectivity index (χ1v) is 13.5. The Morgan fingerprint density at radius 3 is 2.44 bits per heavy atom. The fraction of sp³-hybridized carbons (Fsp3) is 0.560. The van der Waals surface area contributed by atoms with Crippen LogP contribution in [0.4, 0.5) is 13.2 Å². The van der Waals surface area contributed by atoms with E-state index in [9.17, 15) is 33.6 Å². The molecule has 0 radical (unpaired) electrons. The normalized spacial score (nSPS) is 27.9. The van der Waals surface area contributed by atoms with Gasteiger partial charge in [-0.25, -0.2) is 17.9 Å². The number of hydrogen-bond donors (Lipinski definition) is 4. The molecule has 0 amide bonds. The van der Waals surface area contributed by atoms with Crippen molar-refractivity contribution in [3.63, 3.8) is 0 Å². The lowest BCUT2D eigenvalue weighted by molar-refractivity contribution is -0.179. The number of aromatic nitrogens is 4. The van der Waals surface area contributed by atoms with E-state index in [4.69, 9.17) is 9.26 Å². The number of nitrogens with zero attached hydrogens (tertiary/aromatic N) is 4. The predicted molar refractivity (Wildman–Crippen MR) is 132 cm³/mol. The third-order valence-corrected chi connectivity index (χ3v) is 9.05. The Kier molecular flexibility index (Phi) is 8.04. The molecule has 39 heavy (non-hydrogen) atoms. The number of thioether (sulfide) groups is 1. The maximum Gasteiger partial charge on any atom is 0.194 e. The predicted octanol–water partition coefficient (Wildman–Crippen LogP) is 2.81. The largest absolute Gasteiger partial charge is 0.394 e. The van der Waals surface area contributed by atoms with E-state index in [2.05, 4.69) is 15.5 Å². The van der Waals surface area contributed by atoms with Gasteiger partial charge in [-0.2, -0.15) is 0 Å². The van der Waals surface area contributed by atoms with Crippen LogP contribution in [0.3, 0.4) is 0 Å². The van der Waals surface area contributed by atoms with Crippen molar-refractivity contribution in [1.82, 2.24) is 20.2 Å². The molecule has 1 aromatic carbocycles. The van der Waals surface area contributed by atoms with E-state index in [1.165, 1.54) is 12.5 Å². The van der Waals surface area contributed by atoms with Gasteiger partial charge in [0.05, 0.1) is 23.7 Å². The van der Waals surface area contributed by atoms with Gasteiger partial charge in [-0.3, -0.25) is 0 Å². The summed E-state index contributed by atoms with van der Waals surface area (Å²) in [5.41, 5.74) is -1.13. The molecule has 0 spiro atoms. The Morgan fingerprint density at radius 2 is 1.82 bits per heavy atom. The number of hydrogen-bond acceptors (Lipinski definition) is 10. The second-order valence-electron chi connectivity index (χ2n) is 10.1. The van der Waals surface area contributed by atoms with Crippen LogP contribution in [0.5, 0.6) is 0 Å². The van der Waals surface area contributed by atoms with E-state index in [1.54, 1.807) is 6.92 Å². The van der Waals surface area contributed by atoms with E-state index < -0.39 is 64.7 Å². The molecule has 4 N–H and O–H groups in total. The number of halogens is 3. The molecular weight excluding hydrogens is 541 g/mol. The number of aryl methyl sites for hydroxylation is 1. The summed E-state index contributed by atoms with van der Waals surface area (Å²) in [6, 6.07) is 0.327. The summed E-state index contributed by atoms with van der Waals surface area (Å²) in [7, 11) is 0. The van der Waals surface area contributed by atoms with Crippen LogP contribution in [0.25, 0.3) is 11.3 Å². The topological polar surface area (TPSA) is 147 Å². The molecule has 3 aromatic rings. The highest BCUT2D eigenvalue weighted by molar-refractivity contribution is 8.00. The smallest absolute Gasteiger partial charge is 0.194 e. The van der Waals surface area contributed by atoms with Crippen LogP contribution in [0.15, 0.2) is 29.1 Å². The summed E-state index contributed by atoms with van der Waals surface area (Å²) >= 11 is 1.11. The minimum Gasteiger partial charge on any atom is -0.394 e. The maximum atomic E-state index is 13.8. The zero-order chi connectivity index (χ0) is 27.9. The Hall–Kier alpha value is -2.49. The van der Waals surface area contributed by atoms with Gasteiger partial charge in [-0.1, -0.05) is 29.6 Å². The average molecular weight is 571 g/mol. The van der Waals surface area contributed by atoms with E-state index >= 15 is 0 Å². The summed E-state index contributed by atoms with van der Waals surface area (Å²) in [6.45, 7) is 1.21. The van der Waals surface area contributed by atoms with Crippen LogP contribution in [0.2, 0.25) is 0 Å². The van der Waals surface area contributed by atoms with Gasteiger partial charge in [-0.05, 0) is 31.9 Å². The number of ether oxygens (including phenoxy) is 1. The molecule has 0 bridgehead atoms. The van der Waals surface area contributed by atoms with Crippen LogP contribution >= 0.6 is 11.8 Å². The van der Waals surface area contributed by atoms with Crippen LogP contribution in [-0.4, -0.2) is 76.5 Å². The van der Waals surface area contributed by atoms with Crippen LogP contribution in [-0.2, 0) is 4.74 Å². The number of aliphatic hydroxyl groups excluding tert-OH is 3. The molecule has 5 rings (SSSR count). The number of aliphatic hydroxyl groups is 4. The molecular formula is C25H29F3N4O6S. The zero-order valence-electron chi connectivity index (χ0n) is 21.0. The minimum absolute atomic E-state index is 0.0314. The lowest BCUT2D eigenvalue weighted by Gasteiger charge is -2.45. The highest BCUT2D eigenvalue weighted by Crippen LogP contribution is 2.50. The molecule has 10 nitrogen and oxygen atoms in total. The Balaban J connectivity index is 1.46. The number of rotatable bonds is 7. The second kappa shape index (κ2) is 11.2. The first-order chi connectivity index (χ1) is 18.6. The van der Waals surface area contributed by atoms with Crippen LogP contribution < -0.4 is 0 Å². The molecule has 6 atom stereocenters. The highest BCUT2D eigenvalue weighted by Gasteiger charge is 2.50. The zero-order valence-corrected chi connectivity index (χ0v) is 21.8. The lowest BCUT2D eigenvalue weighted by atomic mass is 9.81. The van der Waals surface area contributed by atoms with E-state index in [0.717, 1.165) is 47.8 Å². The Morgan fingerprint density at radius 1 is 1.13 bits per heavy atom. The Bertz CT molecular complexity index is 1280. The van der Waals surface area contributed by atoms with Crippen molar-refractivity contribution in [2.24, 2.45) is 0 Å². The average Bonchev–Trinajstić information content (AvgIpc) is 3.56. The first-order valence-electron chi connectivity index (χ1n) is 12.6. The van der Waals surface area contributed by atoms with Gasteiger partial charge in [0.15, 0.2) is 17.5 Å². The third kappa shape index (κ3) is 5.33.